The monoisotopic (exact) mass is 645 g/mol. The quantitative estimate of drug-likeness (QED) is 0.325. The zero-order valence-corrected chi connectivity index (χ0v) is 27.5. The Balaban J connectivity index is 1.15. The number of fused-ring (bicyclic) bond motifs is 1. The van der Waals surface area contributed by atoms with Gasteiger partial charge in [0.05, 0.1) is 46.6 Å². The summed E-state index contributed by atoms with van der Waals surface area (Å²) in [4.78, 5) is 33.6. The molecule has 0 unspecified atom stereocenters. The zero-order valence-electron chi connectivity index (χ0n) is 26.8. The second-order valence-electron chi connectivity index (χ2n) is 12.7. The first-order chi connectivity index (χ1) is 22.4. The fourth-order valence-corrected chi connectivity index (χ4v) is 6.83. The number of allylic oxidation sites excluding steroid dienone is 5. The number of ether oxygens (including phenoxy) is 2. The molecule has 1 saturated heterocycles. The van der Waals surface area contributed by atoms with Crippen molar-refractivity contribution in [1.29, 1.82) is 0 Å². The summed E-state index contributed by atoms with van der Waals surface area (Å²) in [6.45, 7) is 5.36. The van der Waals surface area contributed by atoms with Gasteiger partial charge < -0.3 is 14.8 Å². The Morgan fingerprint density at radius 1 is 1.11 bits per heavy atom. The smallest absolute Gasteiger partial charge is 0.333 e. The molecule has 1 aliphatic heterocycles. The molecule has 2 aliphatic carbocycles. The molecule has 1 amide bonds. The van der Waals surface area contributed by atoms with E-state index in [-0.39, 0.29) is 23.7 Å². The van der Waals surface area contributed by atoms with Crippen molar-refractivity contribution < 1.29 is 14.3 Å². The molecule has 0 spiro atoms. The molecule has 2 fully saturated rings. The summed E-state index contributed by atoms with van der Waals surface area (Å²) in [7, 11) is 2.11. The minimum atomic E-state index is -0.134. The predicted molar refractivity (Wildman–Crippen MR) is 182 cm³/mol. The number of carbonyl (C=O) groups is 1. The molecule has 2 aromatic heterocycles. The molecule has 9 nitrogen and oxygen atoms in total. The Morgan fingerprint density at radius 3 is 2.70 bits per heavy atom. The number of likely N-dealkylation sites (N-methyl/N-ethyl adjacent to an activating group) is 1. The number of aromatic nitrogens is 3. The summed E-state index contributed by atoms with van der Waals surface area (Å²) in [5.74, 6) is 1.04. The molecule has 1 N–H and O–H groups in total. The van der Waals surface area contributed by atoms with Crippen molar-refractivity contribution >= 4 is 34.2 Å². The third-order valence-electron chi connectivity index (χ3n) is 9.50. The summed E-state index contributed by atoms with van der Waals surface area (Å²) < 4.78 is 15.7. The number of morpholine rings is 1. The Morgan fingerprint density at radius 2 is 1.89 bits per heavy atom. The van der Waals surface area contributed by atoms with Gasteiger partial charge in [-0.3, -0.25) is 23.8 Å². The van der Waals surface area contributed by atoms with Crippen molar-refractivity contribution in [2.45, 2.75) is 70.5 Å². The number of para-hydroxylation sites is 2. The van der Waals surface area contributed by atoms with Crippen molar-refractivity contribution in [2.24, 2.45) is 5.92 Å². The zero-order chi connectivity index (χ0) is 32.0. The van der Waals surface area contributed by atoms with E-state index < -0.39 is 0 Å². The molecule has 6 rings (SSSR count). The van der Waals surface area contributed by atoms with Gasteiger partial charge in [-0.25, -0.2) is 4.79 Å². The first-order valence-electron chi connectivity index (χ1n) is 16.5. The van der Waals surface area contributed by atoms with Crippen LogP contribution in [0, 0.1) is 12.8 Å². The molecule has 3 aliphatic rings. The SMILES string of the molecule is Cc1ncc(Cl)cc1C(=O)NC1CCC(Cn2c(=O)n(C3=CCCC/C=C(\OC[C@@H]4COCCN4C)C=C3)c3ccccc32)CC1. The van der Waals surface area contributed by atoms with E-state index in [1.54, 1.807) is 12.3 Å². The summed E-state index contributed by atoms with van der Waals surface area (Å²) >= 11 is 6.09. The van der Waals surface area contributed by atoms with Crippen LogP contribution in [0.3, 0.4) is 0 Å². The number of nitrogens with zero attached hydrogens (tertiary/aromatic N) is 4. The third-order valence-corrected chi connectivity index (χ3v) is 9.71. The van der Waals surface area contributed by atoms with Gasteiger partial charge in [-0.05, 0) is 101 Å². The van der Waals surface area contributed by atoms with Crippen molar-refractivity contribution in [3.8, 4) is 0 Å². The lowest BCUT2D eigenvalue weighted by molar-refractivity contribution is -0.0198. The number of halogens is 1. The highest BCUT2D eigenvalue weighted by Gasteiger charge is 2.26. The maximum absolute atomic E-state index is 14.1. The topological polar surface area (TPSA) is 90.6 Å². The van der Waals surface area contributed by atoms with Gasteiger partial charge in [0.2, 0.25) is 0 Å². The van der Waals surface area contributed by atoms with Crippen molar-refractivity contribution in [3.05, 3.63) is 93.4 Å². The van der Waals surface area contributed by atoms with E-state index in [2.05, 4.69) is 34.4 Å². The number of hydrogen-bond donors (Lipinski definition) is 1. The molecule has 1 aromatic carbocycles. The molecule has 3 heterocycles. The first kappa shape index (κ1) is 32.3. The average Bonchev–Trinajstić information content (AvgIpc) is 3.39. The van der Waals surface area contributed by atoms with Gasteiger partial charge in [-0.15, -0.1) is 0 Å². The van der Waals surface area contributed by atoms with E-state index in [9.17, 15) is 9.59 Å². The Hall–Kier alpha value is -3.66. The summed E-state index contributed by atoms with van der Waals surface area (Å²) in [5.41, 5.74) is 3.87. The Kier molecular flexibility index (Phi) is 10.4. The molecule has 244 valence electrons. The summed E-state index contributed by atoms with van der Waals surface area (Å²) in [6, 6.07) is 10.0. The molecular formula is C36H44ClN5O4. The lowest BCUT2D eigenvalue weighted by Gasteiger charge is -2.32. The van der Waals surface area contributed by atoms with Crippen LogP contribution in [0.1, 0.15) is 61.0 Å². The molecule has 1 saturated carbocycles. The fourth-order valence-electron chi connectivity index (χ4n) is 6.68. The summed E-state index contributed by atoms with van der Waals surface area (Å²) in [5, 5.41) is 3.63. The second kappa shape index (κ2) is 14.8. The number of aryl methyl sites for hydroxylation is 1. The first-order valence-corrected chi connectivity index (χ1v) is 16.9. The maximum Gasteiger partial charge on any atom is 0.333 e. The maximum atomic E-state index is 14.1. The molecular weight excluding hydrogens is 602 g/mol. The van der Waals surface area contributed by atoms with Gasteiger partial charge in [0.1, 0.15) is 12.4 Å². The minimum Gasteiger partial charge on any atom is -0.492 e. The van der Waals surface area contributed by atoms with Crippen LogP contribution >= 0.6 is 11.6 Å². The van der Waals surface area contributed by atoms with E-state index in [1.807, 2.05) is 52.5 Å². The van der Waals surface area contributed by atoms with E-state index in [4.69, 9.17) is 21.1 Å². The normalized spacial score (nSPS) is 23.9. The highest BCUT2D eigenvalue weighted by molar-refractivity contribution is 6.30. The minimum absolute atomic E-state index is 0.0249. The molecule has 3 aromatic rings. The lowest BCUT2D eigenvalue weighted by atomic mass is 9.85. The second-order valence-corrected chi connectivity index (χ2v) is 13.2. The Labute approximate surface area is 275 Å². The van der Waals surface area contributed by atoms with Crippen molar-refractivity contribution in [1.82, 2.24) is 24.3 Å². The lowest BCUT2D eigenvalue weighted by Crippen LogP contribution is -2.45. The number of rotatable bonds is 8. The van der Waals surface area contributed by atoms with E-state index in [0.717, 1.165) is 80.6 Å². The van der Waals surface area contributed by atoms with E-state index in [0.29, 0.717) is 42.0 Å². The van der Waals surface area contributed by atoms with Gasteiger partial charge in [0, 0.05) is 31.0 Å². The highest BCUT2D eigenvalue weighted by atomic mass is 35.5. The number of benzene rings is 1. The van der Waals surface area contributed by atoms with Gasteiger partial charge in [0.25, 0.3) is 5.91 Å². The van der Waals surface area contributed by atoms with Crippen molar-refractivity contribution in [2.75, 3.05) is 33.4 Å². The third kappa shape index (κ3) is 7.48. The average molecular weight is 646 g/mol. The van der Waals surface area contributed by atoms with Crippen LogP contribution in [0.15, 0.2) is 71.4 Å². The van der Waals surface area contributed by atoms with Crippen LogP contribution < -0.4 is 11.0 Å². The van der Waals surface area contributed by atoms with E-state index in [1.165, 1.54) is 0 Å². The van der Waals surface area contributed by atoms with Crippen LogP contribution in [-0.2, 0) is 16.0 Å². The number of imidazole rings is 1. The molecule has 1 atom stereocenters. The number of carbonyl (C=O) groups excluding carboxylic acids is 1. The standard InChI is InChI=1S/C36H44ClN5O4/c1-25-32(20-27(37)21-38-25)35(43)39-28-14-12-26(13-15-28)22-41-33-10-6-7-11-34(33)42(36(41)44)29-8-4-3-5-9-31(17-16-29)46-24-30-23-45-19-18-40(30)2/h6-11,16-17,20-21,26,28,30H,3-5,12-15,18-19,22-24H2,1-2H3,(H,39,43)/b17-16?,29-8?,31-9-/t26?,28?,30-/m0/s1. The van der Waals surface area contributed by atoms with Crippen LogP contribution in [-0.4, -0.2) is 70.4 Å². The predicted octanol–water partition coefficient (Wildman–Crippen LogP) is 5.96. The molecule has 0 bridgehead atoms. The van der Waals surface area contributed by atoms with Crippen molar-refractivity contribution in [3.63, 3.8) is 0 Å². The van der Waals surface area contributed by atoms with Gasteiger partial charge >= 0.3 is 5.69 Å². The molecule has 0 radical (unpaired) electrons. The number of nitrogens with one attached hydrogen (secondary N) is 1. The van der Waals surface area contributed by atoms with Gasteiger partial charge in [-0.1, -0.05) is 29.8 Å². The summed E-state index contributed by atoms with van der Waals surface area (Å²) in [6.07, 6.45) is 16.2. The highest BCUT2D eigenvalue weighted by Crippen LogP contribution is 2.28. The van der Waals surface area contributed by atoms with Crippen LogP contribution in [0.25, 0.3) is 16.7 Å². The number of hydrogen-bond acceptors (Lipinski definition) is 6. The van der Waals surface area contributed by atoms with Crippen LogP contribution in [0.2, 0.25) is 5.02 Å². The largest absolute Gasteiger partial charge is 0.492 e. The molecule has 46 heavy (non-hydrogen) atoms. The Bertz CT molecular complexity index is 1700. The van der Waals surface area contributed by atoms with E-state index >= 15 is 0 Å². The van der Waals surface area contributed by atoms with Crippen LogP contribution in [0.4, 0.5) is 0 Å². The van der Waals surface area contributed by atoms with Crippen LogP contribution in [0.5, 0.6) is 0 Å². The fraction of sp³-hybridized carbons (Fsp3) is 0.472. The van der Waals surface area contributed by atoms with Gasteiger partial charge in [0.15, 0.2) is 0 Å². The number of amides is 1. The number of pyridine rings is 1. The van der Waals surface area contributed by atoms with Gasteiger partial charge in [-0.2, -0.15) is 0 Å². The molecule has 10 heteroatoms.